The Morgan fingerprint density at radius 3 is 2.33 bits per heavy atom. The summed E-state index contributed by atoms with van der Waals surface area (Å²) < 4.78 is 26.7. The Bertz CT molecular complexity index is 643. The lowest BCUT2D eigenvalue weighted by Gasteiger charge is -2.29. The molecule has 3 nitrogen and oxygen atoms in total. The van der Waals surface area contributed by atoms with E-state index < -0.39 is 17.3 Å². The van der Waals surface area contributed by atoms with Crippen molar-refractivity contribution >= 4 is 11.6 Å². The first-order chi connectivity index (χ1) is 9.90. The number of carbonyl (C=O) groups excluding carboxylic acids is 1. The van der Waals surface area contributed by atoms with E-state index in [1.165, 1.54) is 30.3 Å². The molecule has 110 valence electrons. The summed E-state index contributed by atoms with van der Waals surface area (Å²) in [7, 11) is 0. The predicted molar refractivity (Wildman–Crippen MR) is 77.7 cm³/mol. The summed E-state index contributed by atoms with van der Waals surface area (Å²) in [5.74, 6) is -1.39. The topological polar surface area (TPSA) is 55.1 Å². The molecule has 0 bridgehead atoms. The number of nitrogens with one attached hydrogen (secondary N) is 1. The van der Waals surface area contributed by atoms with Crippen LogP contribution >= 0.6 is 0 Å². The van der Waals surface area contributed by atoms with Gasteiger partial charge in [-0.05, 0) is 42.8 Å². The fourth-order valence-corrected chi connectivity index (χ4v) is 2.07. The van der Waals surface area contributed by atoms with Crippen LogP contribution in [-0.2, 0) is 11.2 Å². The summed E-state index contributed by atoms with van der Waals surface area (Å²) in [5, 5.41) is 2.95. The van der Waals surface area contributed by atoms with Gasteiger partial charge >= 0.3 is 0 Å². The number of primary amides is 1. The van der Waals surface area contributed by atoms with Crippen LogP contribution < -0.4 is 11.1 Å². The Kier molecular flexibility index (Phi) is 4.21. The highest BCUT2D eigenvalue weighted by Gasteiger charge is 2.32. The molecule has 0 aliphatic rings. The van der Waals surface area contributed by atoms with Gasteiger partial charge in [0.15, 0.2) is 0 Å². The number of carbonyl (C=O) groups is 1. The molecule has 0 radical (unpaired) electrons. The van der Waals surface area contributed by atoms with Gasteiger partial charge in [0.25, 0.3) is 0 Å². The van der Waals surface area contributed by atoms with Crippen molar-refractivity contribution in [3.8, 4) is 0 Å². The van der Waals surface area contributed by atoms with Crippen molar-refractivity contribution in [1.82, 2.24) is 0 Å². The van der Waals surface area contributed by atoms with E-state index >= 15 is 0 Å². The number of rotatable bonds is 5. The van der Waals surface area contributed by atoms with Crippen LogP contribution in [0.3, 0.4) is 0 Å². The van der Waals surface area contributed by atoms with Crippen molar-refractivity contribution in [2.75, 3.05) is 5.32 Å². The molecule has 0 saturated heterocycles. The molecule has 21 heavy (non-hydrogen) atoms. The van der Waals surface area contributed by atoms with Gasteiger partial charge in [0, 0.05) is 12.1 Å². The molecule has 0 aliphatic heterocycles. The van der Waals surface area contributed by atoms with E-state index in [0.717, 1.165) is 0 Å². The van der Waals surface area contributed by atoms with Crippen molar-refractivity contribution in [2.45, 2.75) is 18.9 Å². The monoisotopic (exact) mass is 290 g/mol. The van der Waals surface area contributed by atoms with E-state index in [-0.39, 0.29) is 12.2 Å². The second kappa shape index (κ2) is 5.91. The molecule has 0 saturated carbocycles. The maximum absolute atomic E-state index is 13.7. The van der Waals surface area contributed by atoms with E-state index in [2.05, 4.69) is 5.32 Å². The van der Waals surface area contributed by atoms with E-state index in [1.807, 2.05) is 0 Å². The Balaban J connectivity index is 2.26. The summed E-state index contributed by atoms with van der Waals surface area (Å²) in [6, 6.07) is 11.7. The molecule has 0 heterocycles. The third kappa shape index (κ3) is 3.56. The molecule has 5 heteroatoms. The number of amides is 1. The lowest BCUT2D eigenvalue weighted by atomic mass is 9.91. The average Bonchev–Trinajstić information content (AvgIpc) is 2.44. The number of nitrogens with two attached hydrogens (primary N) is 1. The van der Waals surface area contributed by atoms with Gasteiger partial charge in [-0.3, -0.25) is 4.79 Å². The van der Waals surface area contributed by atoms with Gasteiger partial charge in [-0.25, -0.2) is 8.78 Å². The molecule has 0 aliphatic carbocycles. The van der Waals surface area contributed by atoms with Gasteiger partial charge in [-0.1, -0.05) is 18.2 Å². The molecular weight excluding hydrogens is 274 g/mol. The zero-order chi connectivity index (χ0) is 15.5. The number of hydrogen-bond acceptors (Lipinski definition) is 2. The van der Waals surface area contributed by atoms with Crippen molar-refractivity contribution < 1.29 is 13.6 Å². The lowest BCUT2D eigenvalue weighted by molar-refractivity contribution is -0.121. The number of benzene rings is 2. The van der Waals surface area contributed by atoms with Crippen molar-refractivity contribution in [2.24, 2.45) is 5.73 Å². The average molecular weight is 290 g/mol. The fraction of sp³-hybridized carbons (Fsp3) is 0.188. The zero-order valence-corrected chi connectivity index (χ0v) is 11.6. The zero-order valence-electron chi connectivity index (χ0n) is 11.6. The summed E-state index contributed by atoms with van der Waals surface area (Å²) in [5.41, 5.74) is 5.19. The third-order valence-corrected chi connectivity index (χ3v) is 3.31. The molecule has 0 aromatic heterocycles. The Hall–Kier alpha value is -2.43. The Morgan fingerprint density at radius 1 is 1.14 bits per heavy atom. The van der Waals surface area contributed by atoms with Crippen LogP contribution in [-0.4, -0.2) is 11.4 Å². The van der Waals surface area contributed by atoms with E-state index in [1.54, 1.807) is 25.1 Å². The van der Waals surface area contributed by atoms with Gasteiger partial charge < -0.3 is 11.1 Å². The Morgan fingerprint density at radius 2 is 1.76 bits per heavy atom. The second-order valence-corrected chi connectivity index (χ2v) is 5.10. The standard InChI is InChI=1S/C16H16F2N2O/c1-16(15(19)21,10-11-4-2-3-5-14(11)18)20-13-8-6-12(17)7-9-13/h2-9,20H,10H2,1H3,(H2,19,21). The van der Waals surface area contributed by atoms with Crippen LogP contribution in [0.25, 0.3) is 0 Å². The van der Waals surface area contributed by atoms with Crippen LogP contribution in [0.2, 0.25) is 0 Å². The summed E-state index contributed by atoms with van der Waals surface area (Å²) in [6.07, 6.45) is 0.0897. The van der Waals surface area contributed by atoms with Gasteiger partial charge in [-0.2, -0.15) is 0 Å². The summed E-state index contributed by atoms with van der Waals surface area (Å²) in [4.78, 5) is 11.8. The van der Waals surface area contributed by atoms with E-state index in [4.69, 9.17) is 5.73 Å². The first-order valence-corrected chi connectivity index (χ1v) is 6.48. The number of halogens is 2. The third-order valence-electron chi connectivity index (χ3n) is 3.31. The minimum Gasteiger partial charge on any atom is -0.371 e. The van der Waals surface area contributed by atoms with E-state index in [9.17, 15) is 13.6 Å². The molecule has 1 amide bonds. The van der Waals surface area contributed by atoms with Gasteiger partial charge in [0.05, 0.1) is 0 Å². The SMILES string of the molecule is CC(Cc1ccccc1F)(Nc1ccc(F)cc1)C(N)=O. The molecule has 0 spiro atoms. The Labute approximate surface area is 121 Å². The lowest BCUT2D eigenvalue weighted by Crippen LogP contribution is -2.49. The summed E-state index contributed by atoms with van der Waals surface area (Å²) in [6.45, 7) is 1.59. The first kappa shape index (κ1) is 15.0. The van der Waals surface area contributed by atoms with E-state index in [0.29, 0.717) is 11.3 Å². The normalized spacial score (nSPS) is 13.5. The maximum Gasteiger partial charge on any atom is 0.243 e. The van der Waals surface area contributed by atoms with Gasteiger partial charge in [0.1, 0.15) is 17.2 Å². The molecule has 0 fully saturated rings. The molecular formula is C16H16F2N2O. The molecule has 2 rings (SSSR count). The second-order valence-electron chi connectivity index (χ2n) is 5.10. The quantitative estimate of drug-likeness (QED) is 0.889. The fourth-order valence-electron chi connectivity index (χ4n) is 2.07. The molecule has 3 N–H and O–H groups in total. The maximum atomic E-state index is 13.7. The molecule has 1 atom stereocenters. The number of anilines is 1. The van der Waals surface area contributed by atoms with Gasteiger partial charge in [0.2, 0.25) is 5.91 Å². The van der Waals surface area contributed by atoms with Crippen LogP contribution in [0.4, 0.5) is 14.5 Å². The minimum atomic E-state index is -1.18. The largest absolute Gasteiger partial charge is 0.371 e. The number of hydrogen-bond donors (Lipinski definition) is 2. The molecule has 2 aromatic carbocycles. The summed E-state index contributed by atoms with van der Waals surface area (Å²) >= 11 is 0. The van der Waals surface area contributed by atoms with Gasteiger partial charge in [-0.15, -0.1) is 0 Å². The molecule has 1 unspecified atom stereocenters. The highest BCUT2D eigenvalue weighted by atomic mass is 19.1. The highest BCUT2D eigenvalue weighted by molar-refractivity contribution is 5.87. The molecule has 2 aromatic rings. The van der Waals surface area contributed by atoms with Crippen LogP contribution in [0, 0.1) is 11.6 Å². The van der Waals surface area contributed by atoms with Crippen molar-refractivity contribution in [3.05, 3.63) is 65.7 Å². The highest BCUT2D eigenvalue weighted by Crippen LogP contribution is 2.21. The van der Waals surface area contributed by atoms with Crippen LogP contribution in [0.15, 0.2) is 48.5 Å². The van der Waals surface area contributed by atoms with Crippen LogP contribution in [0.1, 0.15) is 12.5 Å². The smallest absolute Gasteiger partial charge is 0.243 e. The van der Waals surface area contributed by atoms with Crippen LogP contribution in [0.5, 0.6) is 0 Å². The van der Waals surface area contributed by atoms with Crippen molar-refractivity contribution in [3.63, 3.8) is 0 Å². The first-order valence-electron chi connectivity index (χ1n) is 6.48. The predicted octanol–water partition coefficient (Wildman–Crippen LogP) is 2.86. The minimum absolute atomic E-state index is 0.0897. The van der Waals surface area contributed by atoms with Crippen molar-refractivity contribution in [1.29, 1.82) is 0 Å².